The summed E-state index contributed by atoms with van der Waals surface area (Å²) in [5, 5.41) is 2.92. The van der Waals surface area contributed by atoms with Gasteiger partial charge in [-0.3, -0.25) is 19.1 Å². The molecular formula is C26H30N4O3. The number of carbonyl (C=O) groups is 2. The Labute approximate surface area is 193 Å². The van der Waals surface area contributed by atoms with Gasteiger partial charge in [0.25, 0.3) is 5.91 Å². The Morgan fingerprint density at radius 1 is 1.12 bits per heavy atom. The van der Waals surface area contributed by atoms with Crippen LogP contribution < -0.4 is 15.0 Å². The van der Waals surface area contributed by atoms with Crippen molar-refractivity contribution in [1.82, 2.24) is 9.55 Å². The van der Waals surface area contributed by atoms with Crippen molar-refractivity contribution in [2.75, 3.05) is 17.3 Å². The predicted octanol–water partition coefficient (Wildman–Crippen LogP) is 4.79. The van der Waals surface area contributed by atoms with Gasteiger partial charge in [-0.2, -0.15) is 0 Å². The molecule has 1 aromatic heterocycles. The third kappa shape index (κ3) is 3.65. The van der Waals surface area contributed by atoms with E-state index in [9.17, 15) is 9.59 Å². The van der Waals surface area contributed by atoms with Gasteiger partial charge in [-0.05, 0) is 42.5 Å². The molecule has 33 heavy (non-hydrogen) atoms. The highest BCUT2D eigenvalue weighted by molar-refractivity contribution is 6.05. The summed E-state index contributed by atoms with van der Waals surface area (Å²) in [5.41, 5.74) is 2.32. The Hall–Kier alpha value is -3.35. The second-order valence-corrected chi connectivity index (χ2v) is 9.28. The van der Waals surface area contributed by atoms with Crippen molar-refractivity contribution in [2.24, 2.45) is 11.8 Å². The minimum absolute atomic E-state index is 0.0376. The van der Waals surface area contributed by atoms with Crippen molar-refractivity contribution in [3.63, 3.8) is 0 Å². The number of methoxy groups -OCH3 is 1. The maximum Gasteiger partial charge on any atom is 0.253 e. The number of anilines is 2. The average molecular weight is 447 g/mol. The number of nitrogens with one attached hydrogen (secondary N) is 1. The monoisotopic (exact) mass is 446 g/mol. The lowest BCUT2D eigenvalue weighted by Crippen LogP contribution is -2.47. The number of nitrogens with zero attached hydrogens (tertiary/aromatic N) is 3. The lowest BCUT2D eigenvalue weighted by molar-refractivity contribution is -0.125. The van der Waals surface area contributed by atoms with Gasteiger partial charge in [-0.15, -0.1) is 0 Å². The number of aromatic nitrogens is 2. The Bertz CT molecular complexity index is 1200. The molecule has 7 heteroatoms. The summed E-state index contributed by atoms with van der Waals surface area (Å²) in [5.74, 6) is 1.91. The number of imidazole rings is 1. The lowest BCUT2D eigenvalue weighted by atomic mass is 9.77. The summed E-state index contributed by atoms with van der Waals surface area (Å²) in [6.45, 7) is 4.50. The van der Waals surface area contributed by atoms with Gasteiger partial charge in [0.15, 0.2) is 0 Å². The molecule has 1 aliphatic heterocycles. The number of para-hydroxylation sites is 4. The van der Waals surface area contributed by atoms with E-state index in [0.717, 1.165) is 23.9 Å². The van der Waals surface area contributed by atoms with Crippen LogP contribution in [0.2, 0.25) is 0 Å². The van der Waals surface area contributed by atoms with Gasteiger partial charge < -0.3 is 10.1 Å². The second-order valence-electron chi connectivity index (χ2n) is 9.28. The van der Waals surface area contributed by atoms with Crippen LogP contribution in [0.15, 0.2) is 48.5 Å². The molecule has 0 radical (unpaired) electrons. The molecular weight excluding hydrogens is 416 g/mol. The van der Waals surface area contributed by atoms with E-state index in [2.05, 4.69) is 19.2 Å². The highest BCUT2D eigenvalue weighted by Gasteiger charge is 2.46. The summed E-state index contributed by atoms with van der Waals surface area (Å²) >= 11 is 0. The molecule has 5 rings (SSSR count). The fourth-order valence-electron chi connectivity index (χ4n) is 5.41. The molecule has 7 nitrogen and oxygen atoms in total. The molecule has 0 spiro atoms. The van der Waals surface area contributed by atoms with Gasteiger partial charge >= 0.3 is 0 Å². The molecule has 4 unspecified atom stereocenters. The Kier molecular flexibility index (Phi) is 5.56. The van der Waals surface area contributed by atoms with Crippen LogP contribution in [0.3, 0.4) is 0 Å². The molecule has 2 aromatic carbocycles. The molecule has 0 saturated heterocycles. The molecule has 2 heterocycles. The summed E-state index contributed by atoms with van der Waals surface area (Å²) in [6.07, 6.45) is 3.28. The number of benzene rings is 2. The molecule has 2 aliphatic rings. The number of hydrogen-bond acceptors (Lipinski definition) is 4. The van der Waals surface area contributed by atoms with Gasteiger partial charge in [-0.25, -0.2) is 4.98 Å². The van der Waals surface area contributed by atoms with E-state index < -0.39 is 6.04 Å². The van der Waals surface area contributed by atoms with E-state index >= 15 is 0 Å². The Morgan fingerprint density at radius 3 is 2.70 bits per heavy atom. The van der Waals surface area contributed by atoms with Crippen molar-refractivity contribution in [3.8, 4) is 5.75 Å². The summed E-state index contributed by atoms with van der Waals surface area (Å²) in [6, 6.07) is 14.6. The number of fused-ring (bicyclic) bond motifs is 3. The van der Waals surface area contributed by atoms with Gasteiger partial charge in [0, 0.05) is 6.04 Å². The molecule has 1 N–H and O–H groups in total. The molecule has 1 fully saturated rings. The molecule has 172 valence electrons. The minimum atomic E-state index is -0.619. The Morgan fingerprint density at radius 2 is 1.88 bits per heavy atom. The Balaban J connectivity index is 1.49. The van der Waals surface area contributed by atoms with Gasteiger partial charge in [0.1, 0.15) is 11.8 Å². The van der Waals surface area contributed by atoms with E-state index in [4.69, 9.17) is 9.72 Å². The highest BCUT2D eigenvalue weighted by atomic mass is 16.5. The van der Waals surface area contributed by atoms with Crippen molar-refractivity contribution >= 4 is 34.5 Å². The van der Waals surface area contributed by atoms with Crippen LogP contribution in [0.4, 0.5) is 11.6 Å². The van der Waals surface area contributed by atoms with Gasteiger partial charge in [-0.1, -0.05) is 51.0 Å². The topological polar surface area (TPSA) is 76.5 Å². The molecule has 1 saturated carbocycles. The maximum absolute atomic E-state index is 13.8. The standard InChI is InChI=1S/C26H30N4O3/c1-16-9-8-13-20(17(16)2)30-25(32)22(29-21-12-6-4-10-18(21)28-26(29)30)15-24(31)27-19-11-5-7-14-23(19)33-3/h4-7,10-12,14,16-17,20,22H,8-9,13,15H2,1-3H3,(H,27,31). The highest BCUT2D eigenvalue weighted by Crippen LogP contribution is 2.42. The SMILES string of the molecule is COc1ccccc1NC(=O)CC1C(=O)N(C2CCCC(C)C2C)c2nc3ccccc3n21. The van der Waals surface area contributed by atoms with Crippen LogP contribution in [0.5, 0.6) is 5.75 Å². The van der Waals surface area contributed by atoms with Crippen molar-refractivity contribution in [2.45, 2.75) is 51.6 Å². The van der Waals surface area contributed by atoms with Crippen molar-refractivity contribution < 1.29 is 14.3 Å². The van der Waals surface area contributed by atoms with Gasteiger partial charge in [0.2, 0.25) is 11.9 Å². The fourth-order valence-corrected chi connectivity index (χ4v) is 5.41. The molecule has 1 aliphatic carbocycles. The summed E-state index contributed by atoms with van der Waals surface area (Å²) in [4.78, 5) is 33.6. The van der Waals surface area contributed by atoms with Crippen LogP contribution >= 0.6 is 0 Å². The van der Waals surface area contributed by atoms with Crippen LogP contribution in [0.25, 0.3) is 11.0 Å². The molecule has 2 amide bonds. The molecule has 3 aromatic rings. The first kappa shape index (κ1) is 21.5. The number of ether oxygens (including phenoxy) is 1. The van der Waals surface area contributed by atoms with E-state index in [1.165, 1.54) is 6.42 Å². The number of hydrogen-bond donors (Lipinski definition) is 1. The average Bonchev–Trinajstić information content (AvgIpc) is 3.30. The van der Waals surface area contributed by atoms with Crippen molar-refractivity contribution in [3.05, 3.63) is 48.5 Å². The fraction of sp³-hybridized carbons (Fsp3) is 0.423. The molecule has 0 bridgehead atoms. The second kappa shape index (κ2) is 8.54. The predicted molar refractivity (Wildman–Crippen MR) is 128 cm³/mol. The number of rotatable bonds is 5. The zero-order chi connectivity index (χ0) is 23.1. The van der Waals surface area contributed by atoms with Crippen LogP contribution in [-0.4, -0.2) is 34.5 Å². The third-order valence-electron chi connectivity index (χ3n) is 7.38. The van der Waals surface area contributed by atoms with Crippen LogP contribution in [-0.2, 0) is 9.59 Å². The summed E-state index contributed by atoms with van der Waals surface area (Å²) < 4.78 is 7.32. The smallest absolute Gasteiger partial charge is 0.253 e. The maximum atomic E-state index is 13.8. The van der Waals surface area contributed by atoms with Crippen molar-refractivity contribution in [1.29, 1.82) is 0 Å². The zero-order valence-corrected chi connectivity index (χ0v) is 19.3. The first-order valence-corrected chi connectivity index (χ1v) is 11.7. The first-order valence-electron chi connectivity index (χ1n) is 11.7. The molecule has 4 atom stereocenters. The first-order chi connectivity index (χ1) is 16.0. The summed E-state index contributed by atoms with van der Waals surface area (Å²) in [7, 11) is 1.57. The largest absolute Gasteiger partial charge is 0.495 e. The minimum Gasteiger partial charge on any atom is -0.495 e. The van der Waals surface area contributed by atoms with Crippen LogP contribution in [0, 0.1) is 11.8 Å². The third-order valence-corrected chi connectivity index (χ3v) is 7.38. The van der Waals surface area contributed by atoms with E-state index in [1.54, 1.807) is 19.2 Å². The van der Waals surface area contributed by atoms with E-state index in [0.29, 0.717) is 29.2 Å². The van der Waals surface area contributed by atoms with Crippen LogP contribution in [0.1, 0.15) is 45.6 Å². The number of carbonyl (C=O) groups excluding carboxylic acids is 2. The van der Waals surface area contributed by atoms with Gasteiger partial charge in [0.05, 0.1) is 30.3 Å². The van der Waals surface area contributed by atoms with E-state index in [1.807, 2.05) is 45.9 Å². The lowest BCUT2D eigenvalue weighted by Gasteiger charge is -2.39. The number of amides is 2. The van der Waals surface area contributed by atoms with E-state index in [-0.39, 0.29) is 24.3 Å². The zero-order valence-electron chi connectivity index (χ0n) is 19.3. The quantitative estimate of drug-likeness (QED) is 0.612. The normalized spacial score (nSPS) is 24.7.